The standard InChI is InChI=1S/C25H22/c1-4-11-20(5-2)22-14-6-8-16-24(22)25-17-9-7-15-23(25)21-13-10-12-19(3)18-21/h4-18H,1-2H2,3H3/b20-11+. The van der Waals surface area contributed by atoms with Crippen LogP contribution >= 0.6 is 0 Å². The lowest BCUT2D eigenvalue weighted by molar-refractivity contribution is 1.46. The van der Waals surface area contributed by atoms with Gasteiger partial charge in [0.1, 0.15) is 0 Å². The van der Waals surface area contributed by atoms with Crippen LogP contribution in [0.3, 0.4) is 0 Å². The van der Waals surface area contributed by atoms with Gasteiger partial charge in [-0.15, -0.1) is 0 Å². The molecule has 0 spiro atoms. The van der Waals surface area contributed by atoms with E-state index in [-0.39, 0.29) is 0 Å². The molecular weight excluding hydrogens is 300 g/mol. The van der Waals surface area contributed by atoms with Gasteiger partial charge in [-0.1, -0.05) is 110 Å². The van der Waals surface area contributed by atoms with Gasteiger partial charge in [-0.25, -0.2) is 0 Å². The molecule has 3 aromatic rings. The number of benzene rings is 3. The molecule has 25 heavy (non-hydrogen) atoms. The van der Waals surface area contributed by atoms with Gasteiger partial charge in [-0.2, -0.15) is 0 Å². The van der Waals surface area contributed by atoms with Crippen LogP contribution in [0.25, 0.3) is 27.8 Å². The van der Waals surface area contributed by atoms with Crippen molar-refractivity contribution < 1.29 is 0 Å². The fraction of sp³-hybridized carbons (Fsp3) is 0.0400. The molecule has 0 aliphatic rings. The Morgan fingerprint density at radius 2 is 1.44 bits per heavy atom. The molecule has 3 rings (SSSR count). The van der Waals surface area contributed by atoms with Gasteiger partial charge in [0.25, 0.3) is 0 Å². The van der Waals surface area contributed by atoms with Crippen LogP contribution in [0.5, 0.6) is 0 Å². The van der Waals surface area contributed by atoms with Crippen molar-refractivity contribution in [3.63, 3.8) is 0 Å². The van der Waals surface area contributed by atoms with Gasteiger partial charge in [0.05, 0.1) is 0 Å². The topological polar surface area (TPSA) is 0 Å². The molecule has 122 valence electrons. The maximum atomic E-state index is 3.97. The number of hydrogen-bond acceptors (Lipinski definition) is 0. The first-order valence-corrected chi connectivity index (χ1v) is 8.45. The second-order valence-electron chi connectivity index (χ2n) is 6.02. The molecule has 0 N–H and O–H groups in total. The lowest BCUT2D eigenvalue weighted by Crippen LogP contribution is -1.91. The smallest absolute Gasteiger partial charge is 0.00992 e. The molecule has 3 aromatic carbocycles. The number of aryl methyl sites for hydroxylation is 1. The SMILES string of the molecule is C=C/C=C(\C=C)c1ccccc1-c1ccccc1-c1cccc(C)c1. The molecular formula is C25H22. The number of rotatable bonds is 5. The van der Waals surface area contributed by atoms with Crippen molar-refractivity contribution in [1.82, 2.24) is 0 Å². The normalized spacial score (nSPS) is 11.2. The van der Waals surface area contributed by atoms with Crippen molar-refractivity contribution in [2.45, 2.75) is 6.92 Å². The maximum Gasteiger partial charge on any atom is -0.00992 e. The van der Waals surface area contributed by atoms with Crippen LogP contribution in [-0.2, 0) is 0 Å². The van der Waals surface area contributed by atoms with Gasteiger partial charge in [0.2, 0.25) is 0 Å². The third kappa shape index (κ3) is 3.54. The van der Waals surface area contributed by atoms with E-state index in [0.29, 0.717) is 0 Å². The van der Waals surface area contributed by atoms with Gasteiger partial charge < -0.3 is 0 Å². The Balaban J connectivity index is 2.24. The second kappa shape index (κ2) is 7.63. The Bertz CT molecular complexity index is 942. The summed E-state index contributed by atoms with van der Waals surface area (Å²) < 4.78 is 0. The summed E-state index contributed by atoms with van der Waals surface area (Å²) in [6.07, 6.45) is 5.69. The highest BCUT2D eigenvalue weighted by molar-refractivity contribution is 5.92. The van der Waals surface area contributed by atoms with E-state index < -0.39 is 0 Å². The second-order valence-corrected chi connectivity index (χ2v) is 6.02. The summed E-state index contributed by atoms with van der Waals surface area (Å²) >= 11 is 0. The minimum atomic E-state index is 1.07. The van der Waals surface area contributed by atoms with E-state index in [2.05, 4.69) is 92.9 Å². The Morgan fingerprint density at radius 3 is 2.12 bits per heavy atom. The highest BCUT2D eigenvalue weighted by atomic mass is 14.2. The van der Waals surface area contributed by atoms with E-state index in [4.69, 9.17) is 0 Å². The number of hydrogen-bond donors (Lipinski definition) is 0. The van der Waals surface area contributed by atoms with Crippen molar-refractivity contribution >= 4 is 5.57 Å². The molecule has 0 unspecified atom stereocenters. The van der Waals surface area contributed by atoms with Crippen LogP contribution in [0, 0.1) is 6.92 Å². The van der Waals surface area contributed by atoms with E-state index in [1.807, 2.05) is 12.2 Å². The maximum absolute atomic E-state index is 3.97. The van der Waals surface area contributed by atoms with Crippen molar-refractivity contribution in [3.8, 4) is 22.3 Å². The predicted molar refractivity (Wildman–Crippen MR) is 110 cm³/mol. The van der Waals surface area contributed by atoms with Crippen LogP contribution in [0.1, 0.15) is 11.1 Å². The molecule has 0 amide bonds. The average Bonchev–Trinajstić information content (AvgIpc) is 2.66. The van der Waals surface area contributed by atoms with Crippen LogP contribution in [0.4, 0.5) is 0 Å². The molecule has 0 nitrogen and oxygen atoms in total. The summed E-state index contributed by atoms with van der Waals surface area (Å²) in [6, 6.07) is 25.7. The Kier molecular flexibility index (Phi) is 5.11. The van der Waals surface area contributed by atoms with Crippen LogP contribution in [-0.4, -0.2) is 0 Å². The monoisotopic (exact) mass is 322 g/mol. The molecule has 0 heteroatoms. The van der Waals surface area contributed by atoms with Gasteiger partial charge in [-0.05, 0) is 40.3 Å². The molecule has 0 aromatic heterocycles. The lowest BCUT2D eigenvalue weighted by Gasteiger charge is -2.15. The fourth-order valence-electron chi connectivity index (χ4n) is 3.15. The molecule has 0 atom stereocenters. The van der Waals surface area contributed by atoms with Crippen molar-refractivity contribution in [3.05, 3.63) is 115 Å². The minimum Gasteiger partial charge on any atom is -0.0990 e. The first-order chi connectivity index (χ1) is 12.2. The largest absolute Gasteiger partial charge is 0.0990 e. The zero-order chi connectivity index (χ0) is 17.6. The van der Waals surface area contributed by atoms with Crippen molar-refractivity contribution in [1.29, 1.82) is 0 Å². The van der Waals surface area contributed by atoms with Crippen molar-refractivity contribution in [2.24, 2.45) is 0 Å². The van der Waals surface area contributed by atoms with E-state index >= 15 is 0 Å². The number of allylic oxidation sites excluding steroid dienone is 4. The predicted octanol–water partition coefficient (Wildman–Crippen LogP) is 7.08. The quantitative estimate of drug-likeness (QED) is 0.440. The fourth-order valence-corrected chi connectivity index (χ4v) is 3.15. The summed E-state index contributed by atoms with van der Waals surface area (Å²) in [5, 5.41) is 0. The average molecular weight is 322 g/mol. The summed E-state index contributed by atoms with van der Waals surface area (Å²) in [4.78, 5) is 0. The van der Waals surface area contributed by atoms with Crippen LogP contribution in [0.2, 0.25) is 0 Å². The van der Waals surface area contributed by atoms with E-state index in [1.54, 1.807) is 6.08 Å². The first kappa shape index (κ1) is 16.7. The van der Waals surface area contributed by atoms with Crippen LogP contribution < -0.4 is 0 Å². The van der Waals surface area contributed by atoms with E-state index in [9.17, 15) is 0 Å². The summed E-state index contributed by atoms with van der Waals surface area (Å²) in [5.74, 6) is 0. The van der Waals surface area contributed by atoms with E-state index in [1.165, 1.54) is 27.8 Å². The Labute approximate surface area is 150 Å². The summed E-state index contributed by atoms with van der Waals surface area (Å²) in [5.41, 5.74) is 8.40. The molecule has 0 saturated heterocycles. The summed E-state index contributed by atoms with van der Waals surface area (Å²) in [7, 11) is 0. The summed E-state index contributed by atoms with van der Waals surface area (Å²) in [6.45, 7) is 9.92. The Morgan fingerprint density at radius 1 is 0.760 bits per heavy atom. The zero-order valence-corrected chi connectivity index (χ0v) is 14.6. The molecule has 0 bridgehead atoms. The molecule has 0 fully saturated rings. The van der Waals surface area contributed by atoms with E-state index in [0.717, 1.165) is 11.1 Å². The van der Waals surface area contributed by atoms with Gasteiger partial charge >= 0.3 is 0 Å². The van der Waals surface area contributed by atoms with Gasteiger partial charge in [-0.3, -0.25) is 0 Å². The highest BCUT2D eigenvalue weighted by Crippen LogP contribution is 2.36. The molecule has 0 radical (unpaired) electrons. The molecule has 0 aliphatic heterocycles. The molecule has 0 heterocycles. The van der Waals surface area contributed by atoms with Crippen LogP contribution in [0.15, 0.2) is 104 Å². The minimum absolute atomic E-state index is 1.07. The Hall–Kier alpha value is -3.12. The molecule has 0 aliphatic carbocycles. The highest BCUT2D eigenvalue weighted by Gasteiger charge is 2.11. The molecule has 0 saturated carbocycles. The third-order valence-corrected chi connectivity index (χ3v) is 4.30. The first-order valence-electron chi connectivity index (χ1n) is 8.45. The van der Waals surface area contributed by atoms with Gasteiger partial charge in [0.15, 0.2) is 0 Å². The zero-order valence-electron chi connectivity index (χ0n) is 14.6. The lowest BCUT2D eigenvalue weighted by atomic mass is 9.89. The van der Waals surface area contributed by atoms with Crippen molar-refractivity contribution in [2.75, 3.05) is 0 Å². The third-order valence-electron chi connectivity index (χ3n) is 4.30. The van der Waals surface area contributed by atoms with Gasteiger partial charge in [0, 0.05) is 0 Å².